The molecule has 2 aromatic carbocycles. The molecule has 4 amide bonds. The van der Waals surface area contributed by atoms with Crippen molar-refractivity contribution in [1.29, 1.82) is 0 Å². The van der Waals surface area contributed by atoms with Gasteiger partial charge in [0.15, 0.2) is 28.8 Å². The number of urea groups is 1. The number of piperidine rings is 1. The van der Waals surface area contributed by atoms with Crippen molar-refractivity contribution >= 4 is 40.2 Å². The van der Waals surface area contributed by atoms with Gasteiger partial charge in [0.25, 0.3) is 11.8 Å². The number of fused-ring (bicyclic) bond motifs is 6. The maximum absolute atomic E-state index is 14.3. The Balaban J connectivity index is 0.987. The molecule has 4 atom stereocenters. The van der Waals surface area contributed by atoms with Crippen LogP contribution in [0, 0.1) is 11.8 Å². The number of allylic oxidation sites excluding steroid dienone is 2. The number of aromatic hydroxyl groups is 1. The Kier molecular flexibility index (Phi) is 6.01. The predicted octanol–water partition coefficient (Wildman–Crippen LogP) is 3.21. The fraction of sp³-hybridized carbons (Fsp3) is 0.316. The normalized spacial score (nSPS) is 26.3. The summed E-state index contributed by atoms with van der Waals surface area (Å²) in [4.78, 5) is 61.4. The molecular weight excluding hydrogens is 668 g/mol. The lowest BCUT2D eigenvalue weighted by Gasteiger charge is -2.31. The number of nitrogens with one attached hydrogen (secondary N) is 2. The number of methoxy groups -OCH3 is 2. The molecule has 1 aromatic heterocycles. The number of amides is 4. The number of anilines is 1. The van der Waals surface area contributed by atoms with Gasteiger partial charge in [0, 0.05) is 53.7 Å². The minimum absolute atomic E-state index is 0.0744. The molecule has 5 heterocycles. The lowest BCUT2D eigenvalue weighted by molar-refractivity contribution is -0.125. The number of aromatic nitrogens is 1. The molecule has 14 nitrogen and oxygen atoms in total. The molecule has 6 N–H and O–H groups in total. The van der Waals surface area contributed by atoms with Crippen LogP contribution < -0.4 is 20.7 Å². The van der Waals surface area contributed by atoms with Crippen LogP contribution in [-0.4, -0.2) is 88.5 Å². The van der Waals surface area contributed by atoms with Crippen molar-refractivity contribution in [2.24, 2.45) is 17.6 Å². The highest BCUT2D eigenvalue weighted by Gasteiger charge is 2.67. The van der Waals surface area contributed by atoms with Crippen LogP contribution >= 0.6 is 0 Å². The molecule has 7 aliphatic rings. The summed E-state index contributed by atoms with van der Waals surface area (Å²) < 4.78 is 11.2. The first-order valence-electron chi connectivity index (χ1n) is 17.3. The molecule has 4 aliphatic heterocycles. The van der Waals surface area contributed by atoms with Crippen molar-refractivity contribution in [1.82, 2.24) is 20.1 Å². The first-order valence-corrected chi connectivity index (χ1v) is 17.3. The number of aromatic amines is 1. The Morgan fingerprint density at radius 2 is 1.81 bits per heavy atom. The standard InChI is InChI=1S/C38H34N6O8/c1-51-33-27-20(12-24(41-27)36(49)44-15-16-14-38(16)22-6-4-3-5-19(22)25(45)13-26(38)44)17-7-9-42(29(17)31(33)46)35(48)23-11-21-18-8-10-43(37(39)50)30(18)32(47)34(52-2)28(21)40-23/h3-6,11-13,16,20,27,40-41,46-47H,7-10,14-15H2,1-2H3,(H2,39,50)/t16-,20?,27?,38-/m1/s1. The zero-order valence-electron chi connectivity index (χ0n) is 28.3. The average Bonchev–Trinajstić information content (AvgIpc) is 3.78. The smallest absolute Gasteiger partial charge is 0.319 e. The molecule has 2 fully saturated rings. The van der Waals surface area contributed by atoms with Gasteiger partial charge in [0.1, 0.15) is 5.69 Å². The molecule has 10 rings (SSSR count). The van der Waals surface area contributed by atoms with Crippen LogP contribution in [0.1, 0.15) is 44.8 Å². The number of aliphatic hydroxyl groups is 1. The molecule has 0 bridgehead atoms. The number of carbonyl (C=O) groups excluding carboxylic acids is 4. The minimum Gasteiger partial charge on any atom is -0.503 e. The van der Waals surface area contributed by atoms with E-state index in [4.69, 9.17) is 15.2 Å². The zero-order valence-corrected chi connectivity index (χ0v) is 28.3. The molecule has 3 aliphatic carbocycles. The number of rotatable bonds is 4. The fourth-order valence-corrected chi connectivity index (χ4v) is 9.83. The van der Waals surface area contributed by atoms with Crippen LogP contribution in [0.15, 0.2) is 76.7 Å². The number of ether oxygens (including phenoxy) is 2. The Bertz CT molecular complexity index is 2390. The second-order valence-corrected chi connectivity index (χ2v) is 14.4. The van der Waals surface area contributed by atoms with Crippen LogP contribution in [0.2, 0.25) is 0 Å². The SMILES string of the molecule is COC1=C(O)C2=C(CCN2C(=O)c2cc3c4c(c(O)c(OC)c3[nH]2)N(C(N)=O)CC4)C2C=C(C(=O)N3C[C@H]4C[C@@]45C3=CC(=O)c3ccccc35)NC12. The van der Waals surface area contributed by atoms with Gasteiger partial charge in [0.2, 0.25) is 0 Å². The molecule has 2 unspecified atom stereocenters. The van der Waals surface area contributed by atoms with Gasteiger partial charge >= 0.3 is 6.03 Å². The van der Waals surface area contributed by atoms with Crippen LogP contribution in [0.3, 0.4) is 0 Å². The third-order valence-electron chi connectivity index (χ3n) is 12.1. The number of likely N-dealkylation sites (tertiary alicyclic amines) is 1. The number of hydrogen-bond acceptors (Lipinski definition) is 9. The number of ketones is 1. The van der Waals surface area contributed by atoms with E-state index in [0.717, 1.165) is 23.3 Å². The van der Waals surface area contributed by atoms with E-state index in [2.05, 4.69) is 10.3 Å². The van der Waals surface area contributed by atoms with Gasteiger partial charge in [0.05, 0.1) is 42.9 Å². The monoisotopic (exact) mass is 702 g/mol. The Hall–Kier alpha value is -6.18. The third-order valence-corrected chi connectivity index (χ3v) is 12.1. The largest absolute Gasteiger partial charge is 0.503 e. The van der Waals surface area contributed by atoms with Gasteiger partial charge < -0.3 is 45.5 Å². The minimum atomic E-state index is -0.709. The summed E-state index contributed by atoms with van der Waals surface area (Å²) in [6.07, 6.45) is 5.23. The second kappa shape index (κ2) is 10.2. The summed E-state index contributed by atoms with van der Waals surface area (Å²) in [6, 6.07) is 8.03. The highest BCUT2D eigenvalue weighted by molar-refractivity contribution is 6.10. The van der Waals surface area contributed by atoms with E-state index in [9.17, 15) is 29.4 Å². The molecular formula is C38H34N6O8. The van der Waals surface area contributed by atoms with Gasteiger partial charge in [-0.2, -0.15) is 0 Å². The molecule has 1 saturated heterocycles. The zero-order chi connectivity index (χ0) is 36.0. The van der Waals surface area contributed by atoms with Gasteiger partial charge in [-0.25, -0.2) is 4.79 Å². The number of benzene rings is 2. The average molecular weight is 703 g/mol. The molecule has 14 heteroatoms. The van der Waals surface area contributed by atoms with Crippen molar-refractivity contribution < 1.29 is 38.9 Å². The van der Waals surface area contributed by atoms with Gasteiger partial charge in [-0.1, -0.05) is 24.3 Å². The Labute approximate surface area is 296 Å². The van der Waals surface area contributed by atoms with Gasteiger partial charge in [-0.3, -0.25) is 19.3 Å². The van der Waals surface area contributed by atoms with Crippen LogP contribution in [-0.2, 0) is 21.4 Å². The topological polar surface area (TPSA) is 191 Å². The summed E-state index contributed by atoms with van der Waals surface area (Å²) in [5, 5.41) is 26.6. The fourth-order valence-electron chi connectivity index (χ4n) is 9.83. The van der Waals surface area contributed by atoms with Crippen molar-refractivity contribution in [3.63, 3.8) is 0 Å². The molecule has 3 aromatic rings. The number of aliphatic hydroxyl groups excluding tert-OH is 1. The lowest BCUT2D eigenvalue weighted by Crippen LogP contribution is -2.41. The second-order valence-electron chi connectivity index (χ2n) is 14.4. The van der Waals surface area contributed by atoms with E-state index in [0.29, 0.717) is 52.8 Å². The number of primary amides is 1. The molecule has 1 saturated carbocycles. The van der Waals surface area contributed by atoms with E-state index >= 15 is 0 Å². The van der Waals surface area contributed by atoms with E-state index in [1.54, 1.807) is 17.0 Å². The number of nitrogens with two attached hydrogens (primary N) is 1. The maximum atomic E-state index is 14.3. The van der Waals surface area contributed by atoms with Crippen LogP contribution in [0.25, 0.3) is 10.9 Å². The summed E-state index contributed by atoms with van der Waals surface area (Å²) >= 11 is 0. The number of nitrogens with zero attached hydrogens (tertiary/aromatic N) is 3. The number of hydrogen-bond donors (Lipinski definition) is 5. The summed E-state index contributed by atoms with van der Waals surface area (Å²) in [7, 11) is 2.83. The third kappa shape index (κ3) is 3.68. The Morgan fingerprint density at radius 3 is 2.58 bits per heavy atom. The van der Waals surface area contributed by atoms with Gasteiger partial charge in [-0.15, -0.1) is 0 Å². The summed E-state index contributed by atoms with van der Waals surface area (Å²) in [5.41, 5.74) is 10.6. The van der Waals surface area contributed by atoms with E-state index in [1.807, 2.05) is 30.3 Å². The van der Waals surface area contributed by atoms with Gasteiger partial charge in [-0.05, 0) is 54.0 Å². The van der Waals surface area contributed by atoms with E-state index < -0.39 is 18.0 Å². The number of phenolic OH excluding ortho intramolecular Hbond substituents is 1. The highest BCUT2D eigenvalue weighted by atomic mass is 16.5. The van der Waals surface area contributed by atoms with Crippen molar-refractivity contribution in [2.75, 3.05) is 38.8 Å². The predicted molar refractivity (Wildman–Crippen MR) is 185 cm³/mol. The van der Waals surface area contributed by atoms with Crippen molar-refractivity contribution in [3.8, 4) is 11.5 Å². The molecule has 0 radical (unpaired) electrons. The summed E-state index contributed by atoms with van der Waals surface area (Å²) in [6.45, 7) is 1.04. The molecule has 52 heavy (non-hydrogen) atoms. The summed E-state index contributed by atoms with van der Waals surface area (Å²) in [5.74, 6) is -1.09. The molecule has 264 valence electrons. The van der Waals surface area contributed by atoms with E-state index in [1.165, 1.54) is 24.0 Å². The van der Waals surface area contributed by atoms with Crippen molar-refractivity contribution in [3.05, 3.63) is 99.1 Å². The van der Waals surface area contributed by atoms with Crippen LogP contribution in [0.4, 0.5) is 10.5 Å². The first kappa shape index (κ1) is 30.6. The molecule has 1 spiro atoms. The first-order chi connectivity index (χ1) is 25.1. The van der Waals surface area contributed by atoms with Crippen LogP contribution in [0.5, 0.6) is 11.5 Å². The quantitative estimate of drug-likeness (QED) is 0.272. The lowest BCUT2D eigenvalue weighted by atomic mass is 9.81. The highest BCUT2D eigenvalue weighted by Crippen LogP contribution is 2.66. The number of phenols is 1. The number of H-pyrrole nitrogens is 1. The van der Waals surface area contributed by atoms with Crippen molar-refractivity contribution in [2.45, 2.75) is 30.7 Å². The number of carbonyl (C=O) groups is 4. The maximum Gasteiger partial charge on any atom is 0.319 e. The van der Waals surface area contributed by atoms with E-state index in [-0.39, 0.29) is 76.4 Å². The Morgan fingerprint density at radius 1 is 1.02 bits per heavy atom.